The van der Waals surface area contributed by atoms with Gasteiger partial charge in [0.25, 0.3) is 0 Å². The Balaban J connectivity index is 1.28. The van der Waals surface area contributed by atoms with Crippen LogP contribution in [0.1, 0.15) is 68.9 Å². The number of piperidine rings is 1. The number of nitrogens with zero attached hydrogens (tertiary/aromatic N) is 6. The third-order valence-electron chi connectivity index (χ3n) is 10.9. The fraction of sp³-hybridized carbons (Fsp3) is 0.588. The van der Waals surface area contributed by atoms with Crippen LogP contribution in [0.3, 0.4) is 0 Å². The van der Waals surface area contributed by atoms with Crippen molar-refractivity contribution < 1.29 is 18.6 Å². The maximum absolute atomic E-state index is 17.0. The van der Waals surface area contributed by atoms with Gasteiger partial charge in [0.15, 0.2) is 5.82 Å². The summed E-state index contributed by atoms with van der Waals surface area (Å²) in [4.78, 5) is 18.8. The molecule has 0 unspecified atom stereocenters. The molecular formula is C34H41F2N7O2. The second kappa shape index (κ2) is 11.4. The first-order valence-electron chi connectivity index (χ1n) is 16.7. The maximum atomic E-state index is 17.0. The fourth-order valence-corrected chi connectivity index (χ4v) is 8.59. The van der Waals surface area contributed by atoms with Gasteiger partial charge in [0.1, 0.15) is 29.8 Å². The molecule has 3 aromatic heterocycles. The van der Waals surface area contributed by atoms with Crippen LogP contribution in [0.5, 0.6) is 6.01 Å². The zero-order valence-electron chi connectivity index (χ0n) is 25.9. The predicted molar refractivity (Wildman–Crippen MR) is 169 cm³/mol. The third kappa shape index (κ3) is 5.12. The molecule has 0 spiro atoms. The van der Waals surface area contributed by atoms with Gasteiger partial charge in [0, 0.05) is 43.2 Å². The molecule has 5 aliphatic rings. The van der Waals surface area contributed by atoms with E-state index in [9.17, 15) is 9.50 Å². The molecule has 8 heterocycles. The van der Waals surface area contributed by atoms with Crippen LogP contribution in [0.2, 0.25) is 0 Å². The number of rotatable bonds is 3. The van der Waals surface area contributed by atoms with Crippen molar-refractivity contribution in [3.8, 4) is 17.3 Å². The van der Waals surface area contributed by atoms with Gasteiger partial charge in [0.05, 0.1) is 28.7 Å². The van der Waals surface area contributed by atoms with Crippen molar-refractivity contribution in [1.82, 2.24) is 30.0 Å². The van der Waals surface area contributed by atoms with E-state index in [1.807, 2.05) is 13.0 Å². The number of H-pyrrole nitrogens is 1. The van der Waals surface area contributed by atoms with Gasteiger partial charge in [-0.1, -0.05) is 0 Å². The van der Waals surface area contributed by atoms with Crippen LogP contribution in [-0.4, -0.2) is 85.8 Å². The molecule has 0 radical (unpaired) electrons. The number of aliphatic hydroxyl groups excluding tert-OH is 1. The van der Waals surface area contributed by atoms with E-state index in [-0.39, 0.29) is 35.5 Å². The Labute approximate surface area is 261 Å². The summed E-state index contributed by atoms with van der Waals surface area (Å²) in [6.45, 7) is 5.15. The Bertz CT molecular complexity index is 1750. The Hall–Kier alpha value is -3.44. The Morgan fingerprint density at radius 3 is 2.89 bits per heavy atom. The van der Waals surface area contributed by atoms with E-state index in [2.05, 4.69) is 20.0 Å². The number of hydrogen-bond acceptors (Lipinski definition) is 8. The lowest BCUT2D eigenvalue weighted by molar-refractivity contribution is 0.107. The predicted octanol–water partition coefficient (Wildman–Crippen LogP) is 5.66. The number of ether oxygens (including phenoxy) is 1. The normalized spacial score (nSPS) is 27.5. The van der Waals surface area contributed by atoms with Crippen molar-refractivity contribution in [2.45, 2.75) is 88.9 Å². The summed E-state index contributed by atoms with van der Waals surface area (Å²) in [6.07, 6.45) is 10.4. The molecule has 1 aromatic carbocycles. The Morgan fingerprint density at radius 2 is 1.98 bits per heavy atom. The number of aromatic nitrogens is 5. The number of benzene rings is 1. The Morgan fingerprint density at radius 1 is 1.07 bits per heavy atom. The number of anilines is 1. The van der Waals surface area contributed by atoms with Crippen LogP contribution in [0.4, 0.5) is 14.6 Å². The minimum absolute atomic E-state index is 0.119. The second-order valence-corrected chi connectivity index (χ2v) is 13.8. The van der Waals surface area contributed by atoms with Crippen LogP contribution in [0.15, 0.2) is 18.5 Å². The minimum Gasteiger partial charge on any atom is -0.461 e. The van der Waals surface area contributed by atoms with Crippen molar-refractivity contribution in [2.24, 2.45) is 5.92 Å². The molecule has 3 saturated heterocycles. The number of nitrogens with one attached hydrogen (secondary N) is 1. The number of aryl methyl sites for hydroxylation is 1. The van der Waals surface area contributed by atoms with Crippen LogP contribution in [0, 0.1) is 18.7 Å². The van der Waals surface area contributed by atoms with Gasteiger partial charge in [-0.3, -0.25) is 15.0 Å². The zero-order chi connectivity index (χ0) is 30.7. The fourth-order valence-electron chi connectivity index (χ4n) is 8.59. The lowest BCUT2D eigenvalue weighted by Gasteiger charge is -2.35. The third-order valence-corrected chi connectivity index (χ3v) is 10.9. The SMILES string of the molecule is Cc1cc2[nH]ncc2c2c1CCC[C@H](O)CC[C@@H]1CCCN(C1)c1nc(OC[C@@]34CCCN3C[C@H](F)C4)nc3c(F)c-2ncc13. The van der Waals surface area contributed by atoms with Gasteiger partial charge in [-0.25, -0.2) is 8.78 Å². The molecule has 5 aliphatic heterocycles. The number of fused-ring (bicyclic) bond motifs is 8. The number of pyridine rings is 1. The van der Waals surface area contributed by atoms with Crippen molar-refractivity contribution in [3.63, 3.8) is 0 Å². The highest BCUT2D eigenvalue weighted by molar-refractivity contribution is 5.99. The van der Waals surface area contributed by atoms with E-state index < -0.39 is 12.0 Å². The van der Waals surface area contributed by atoms with E-state index >= 15 is 4.39 Å². The monoisotopic (exact) mass is 617 g/mol. The largest absolute Gasteiger partial charge is 0.461 e. The highest BCUT2D eigenvalue weighted by Gasteiger charge is 2.49. The van der Waals surface area contributed by atoms with Crippen LogP contribution < -0.4 is 9.64 Å². The topological polar surface area (TPSA) is 103 Å². The average molecular weight is 618 g/mol. The zero-order valence-corrected chi connectivity index (χ0v) is 25.9. The van der Waals surface area contributed by atoms with Gasteiger partial charge in [-0.05, 0) is 94.4 Å². The number of aliphatic hydroxyl groups is 1. The number of alkyl halides is 1. The van der Waals surface area contributed by atoms with Crippen molar-refractivity contribution >= 4 is 27.6 Å². The van der Waals surface area contributed by atoms with Gasteiger partial charge in [0.2, 0.25) is 0 Å². The maximum Gasteiger partial charge on any atom is 0.319 e. The lowest BCUT2D eigenvalue weighted by Crippen LogP contribution is -2.43. The van der Waals surface area contributed by atoms with Gasteiger partial charge >= 0.3 is 6.01 Å². The molecule has 9 nitrogen and oxygen atoms in total. The molecule has 4 aromatic rings. The minimum atomic E-state index is -0.869. The first-order chi connectivity index (χ1) is 21.9. The van der Waals surface area contributed by atoms with E-state index in [1.54, 1.807) is 12.4 Å². The van der Waals surface area contributed by atoms with Crippen LogP contribution >= 0.6 is 0 Å². The summed E-state index contributed by atoms with van der Waals surface area (Å²) < 4.78 is 37.9. The summed E-state index contributed by atoms with van der Waals surface area (Å²) in [5, 5.41) is 19.6. The molecule has 3 fully saturated rings. The van der Waals surface area contributed by atoms with E-state index in [0.29, 0.717) is 48.5 Å². The smallest absolute Gasteiger partial charge is 0.319 e. The number of aromatic amines is 1. The summed E-state index contributed by atoms with van der Waals surface area (Å²) in [5.41, 5.74) is 3.59. The molecule has 11 heteroatoms. The summed E-state index contributed by atoms with van der Waals surface area (Å²) in [5.74, 6) is 0.510. The first kappa shape index (κ1) is 29.0. The van der Waals surface area contributed by atoms with Crippen molar-refractivity contribution in [1.29, 1.82) is 0 Å². The molecule has 2 N–H and O–H groups in total. The summed E-state index contributed by atoms with van der Waals surface area (Å²) in [7, 11) is 0. The van der Waals surface area contributed by atoms with E-state index in [0.717, 1.165) is 86.6 Å². The van der Waals surface area contributed by atoms with Gasteiger partial charge < -0.3 is 14.7 Å². The van der Waals surface area contributed by atoms with Crippen molar-refractivity contribution in [2.75, 3.05) is 37.7 Å². The first-order valence-corrected chi connectivity index (χ1v) is 16.7. The quantitative estimate of drug-likeness (QED) is 0.304. The molecule has 0 amide bonds. The van der Waals surface area contributed by atoms with Crippen molar-refractivity contribution in [3.05, 3.63) is 35.4 Å². The van der Waals surface area contributed by atoms with E-state index in [4.69, 9.17) is 19.7 Å². The summed E-state index contributed by atoms with van der Waals surface area (Å²) in [6, 6.07) is 2.17. The summed E-state index contributed by atoms with van der Waals surface area (Å²) >= 11 is 0. The van der Waals surface area contributed by atoms with Gasteiger partial charge in [-0.15, -0.1) is 0 Å². The second-order valence-electron chi connectivity index (χ2n) is 13.8. The number of hydrogen-bond donors (Lipinski definition) is 2. The van der Waals surface area contributed by atoms with E-state index in [1.165, 1.54) is 0 Å². The number of halogens is 2. The molecule has 0 aliphatic carbocycles. The van der Waals surface area contributed by atoms with Gasteiger partial charge in [-0.2, -0.15) is 15.1 Å². The van der Waals surface area contributed by atoms with Crippen LogP contribution in [-0.2, 0) is 6.42 Å². The molecule has 4 atom stereocenters. The molecular weight excluding hydrogens is 576 g/mol. The Kier molecular flexibility index (Phi) is 7.36. The highest BCUT2D eigenvalue weighted by atomic mass is 19.1. The molecule has 45 heavy (non-hydrogen) atoms. The molecule has 0 saturated carbocycles. The van der Waals surface area contributed by atoms with Crippen LogP contribution in [0.25, 0.3) is 33.1 Å². The average Bonchev–Trinajstić information content (AvgIpc) is 3.73. The molecule has 6 bridgehead atoms. The molecule has 238 valence electrons. The lowest BCUT2D eigenvalue weighted by atomic mass is 9.89. The molecule has 9 rings (SSSR count). The highest BCUT2D eigenvalue weighted by Crippen LogP contribution is 2.42. The standard InChI is InChI=1S/C34H41F2N7O2/c1-20-13-27-25(16-38-41-27)28-24(20)7-2-6-23(44)9-8-21-5-3-11-42(17-21)32-26-15-37-31(28)29(36)30(26)39-33(40-32)45-19-34-10-4-12-43(34)18-22(35)14-34/h13,15-16,21-23,44H,2-12,14,17-19H2,1H3,(H,38,41)/t21-,22+,23-,34-/m0/s1.